The average molecular weight is 449 g/mol. The molecule has 1 N–H and O–H groups in total. The number of sulfonamides is 1. The summed E-state index contributed by atoms with van der Waals surface area (Å²) < 4.78 is 42.6. The van der Waals surface area contributed by atoms with Gasteiger partial charge in [-0.15, -0.1) is 0 Å². The number of benzene rings is 2. The highest BCUT2D eigenvalue weighted by molar-refractivity contribution is 7.92. The van der Waals surface area contributed by atoms with Crippen molar-refractivity contribution >= 4 is 21.6 Å². The van der Waals surface area contributed by atoms with Crippen LogP contribution in [-0.4, -0.2) is 46.4 Å². The molecule has 168 valence electrons. The first-order valence-corrected chi connectivity index (χ1v) is 11.9. The first kappa shape index (κ1) is 22.7. The number of hydrogen-bond donors (Lipinski definition) is 1. The van der Waals surface area contributed by atoms with Gasteiger partial charge in [-0.3, -0.25) is 9.10 Å². The van der Waals surface area contributed by atoms with Crippen LogP contribution < -0.4 is 23.8 Å². The number of fused-ring (bicyclic) bond motifs is 1. The molecule has 1 aliphatic heterocycles. The van der Waals surface area contributed by atoms with Crippen molar-refractivity contribution in [3.05, 3.63) is 48.0 Å². The number of ether oxygens (including phenoxy) is 3. The predicted molar refractivity (Wildman–Crippen MR) is 118 cm³/mol. The van der Waals surface area contributed by atoms with Gasteiger partial charge in [0.15, 0.2) is 17.6 Å². The third-order valence-electron chi connectivity index (χ3n) is 4.75. The molecule has 8 nitrogen and oxygen atoms in total. The van der Waals surface area contributed by atoms with Crippen molar-refractivity contribution in [3.8, 4) is 17.2 Å². The molecule has 31 heavy (non-hydrogen) atoms. The number of rotatable bonds is 7. The summed E-state index contributed by atoms with van der Waals surface area (Å²) in [6.45, 7) is 4.30. The summed E-state index contributed by atoms with van der Waals surface area (Å²) in [6, 6.07) is 12.3. The highest BCUT2D eigenvalue weighted by Gasteiger charge is 2.30. The minimum Gasteiger partial charge on any atom is -0.493 e. The summed E-state index contributed by atoms with van der Waals surface area (Å²) >= 11 is 0. The minimum absolute atomic E-state index is 0.0150. The predicted octanol–water partition coefficient (Wildman–Crippen LogP) is 2.72. The van der Waals surface area contributed by atoms with Gasteiger partial charge in [-0.2, -0.15) is 0 Å². The maximum atomic E-state index is 12.8. The van der Waals surface area contributed by atoms with E-state index in [2.05, 4.69) is 5.32 Å². The Hall–Kier alpha value is -2.94. The summed E-state index contributed by atoms with van der Waals surface area (Å²) in [5.41, 5.74) is 1.28. The van der Waals surface area contributed by atoms with Crippen LogP contribution in [0, 0.1) is 0 Å². The third kappa shape index (κ3) is 5.61. The Labute approximate surface area is 183 Å². The normalized spacial score (nSPS) is 16.2. The molecule has 0 fully saturated rings. The van der Waals surface area contributed by atoms with E-state index >= 15 is 0 Å². The molecule has 1 amide bonds. The molecular formula is C22H28N2O6S. The van der Waals surface area contributed by atoms with Crippen molar-refractivity contribution in [1.82, 2.24) is 5.32 Å². The molecule has 3 rings (SSSR count). The standard InChI is InChI=1S/C22H28N2O6S/c1-15(2)29-19-10-9-16(13-21(19)28-3)14-23-22(25)20-11-12-24(31(4,26)27)17-7-5-6-8-18(17)30-20/h5-10,13,15,20H,11-12,14H2,1-4H3,(H,23,25). The van der Waals surface area contributed by atoms with Crippen LogP contribution in [0.2, 0.25) is 0 Å². The molecule has 0 saturated carbocycles. The van der Waals surface area contributed by atoms with Crippen LogP contribution in [0.5, 0.6) is 17.2 Å². The lowest BCUT2D eigenvalue weighted by Crippen LogP contribution is -2.39. The highest BCUT2D eigenvalue weighted by atomic mass is 32.2. The molecule has 0 spiro atoms. The van der Waals surface area contributed by atoms with Gasteiger partial charge in [-0.25, -0.2) is 8.42 Å². The lowest BCUT2D eigenvalue weighted by molar-refractivity contribution is -0.128. The number of methoxy groups -OCH3 is 1. The van der Waals surface area contributed by atoms with Gasteiger partial charge in [-0.1, -0.05) is 18.2 Å². The number of anilines is 1. The molecule has 0 bridgehead atoms. The average Bonchev–Trinajstić information content (AvgIpc) is 2.92. The van der Waals surface area contributed by atoms with E-state index in [9.17, 15) is 13.2 Å². The molecule has 9 heteroatoms. The zero-order valence-electron chi connectivity index (χ0n) is 18.1. The van der Waals surface area contributed by atoms with Crippen LogP contribution in [0.3, 0.4) is 0 Å². The molecule has 0 aliphatic carbocycles. The Morgan fingerprint density at radius 1 is 1.23 bits per heavy atom. The zero-order valence-corrected chi connectivity index (χ0v) is 18.9. The molecule has 1 aliphatic rings. The van der Waals surface area contributed by atoms with E-state index in [-0.39, 0.29) is 31.5 Å². The second-order valence-electron chi connectivity index (χ2n) is 7.57. The molecule has 0 aromatic heterocycles. The van der Waals surface area contributed by atoms with Crippen LogP contribution >= 0.6 is 0 Å². The third-order valence-corrected chi connectivity index (χ3v) is 5.93. The van der Waals surface area contributed by atoms with E-state index in [4.69, 9.17) is 14.2 Å². The largest absolute Gasteiger partial charge is 0.493 e. The van der Waals surface area contributed by atoms with Gasteiger partial charge in [0, 0.05) is 19.5 Å². The first-order chi connectivity index (χ1) is 14.7. The van der Waals surface area contributed by atoms with Crippen molar-refractivity contribution < 1.29 is 27.4 Å². The van der Waals surface area contributed by atoms with Gasteiger partial charge in [-0.05, 0) is 43.7 Å². The van der Waals surface area contributed by atoms with E-state index < -0.39 is 16.1 Å². The van der Waals surface area contributed by atoms with Crippen LogP contribution in [-0.2, 0) is 21.4 Å². The SMILES string of the molecule is COc1cc(CNC(=O)C2CCN(S(C)(=O)=O)c3ccccc3O2)ccc1OC(C)C. The molecule has 2 aromatic carbocycles. The first-order valence-electron chi connectivity index (χ1n) is 10.0. The number of carbonyl (C=O) groups is 1. The second kappa shape index (κ2) is 9.47. The summed E-state index contributed by atoms with van der Waals surface area (Å²) in [4.78, 5) is 12.8. The fourth-order valence-electron chi connectivity index (χ4n) is 3.34. The van der Waals surface area contributed by atoms with Crippen molar-refractivity contribution in [3.63, 3.8) is 0 Å². The number of hydrogen-bond acceptors (Lipinski definition) is 6. The maximum absolute atomic E-state index is 12.8. The Balaban J connectivity index is 1.70. The van der Waals surface area contributed by atoms with Crippen molar-refractivity contribution in [1.29, 1.82) is 0 Å². The smallest absolute Gasteiger partial charge is 0.261 e. The molecule has 2 aromatic rings. The second-order valence-corrected chi connectivity index (χ2v) is 9.47. The summed E-state index contributed by atoms with van der Waals surface area (Å²) in [7, 11) is -1.93. The Morgan fingerprint density at radius 2 is 1.97 bits per heavy atom. The lowest BCUT2D eigenvalue weighted by Gasteiger charge is -2.20. The van der Waals surface area contributed by atoms with Crippen LogP contribution in [0.1, 0.15) is 25.8 Å². The summed E-state index contributed by atoms with van der Waals surface area (Å²) in [5.74, 6) is 1.27. The molecule has 0 saturated heterocycles. The van der Waals surface area contributed by atoms with Gasteiger partial charge in [0.1, 0.15) is 5.75 Å². The Bertz CT molecular complexity index is 1040. The Morgan fingerprint density at radius 3 is 2.65 bits per heavy atom. The van der Waals surface area contributed by atoms with Gasteiger partial charge in [0.05, 0.1) is 25.2 Å². The number of para-hydroxylation sites is 2. The summed E-state index contributed by atoms with van der Waals surface area (Å²) in [6.07, 6.45) is 0.585. The molecule has 1 unspecified atom stereocenters. The number of carbonyl (C=O) groups excluding carboxylic acids is 1. The van der Waals surface area contributed by atoms with Crippen molar-refractivity contribution in [2.45, 2.75) is 39.0 Å². The lowest BCUT2D eigenvalue weighted by atomic mass is 10.2. The van der Waals surface area contributed by atoms with Crippen LogP contribution in [0.4, 0.5) is 5.69 Å². The van der Waals surface area contributed by atoms with E-state index in [0.717, 1.165) is 11.8 Å². The molecule has 1 atom stereocenters. The summed E-state index contributed by atoms with van der Waals surface area (Å²) in [5, 5.41) is 2.86. The molecule has 0 radical (unpaired) electrons. The fourth-order valence-corrected chi connectivity index (χ4v) is 4.28. The molecule has 1 heterocycles. The fraction of sp³-hybridized carbons (Fsp3) is 0.409. The quantitative estimate of drug-likeness (QED) is 0.700. The highest BCUT2D eigenvalue weighted by Crippen LogP contribution is 2.34. The number of amides is 1. The maximum Gasteiger partial charge on any atom is 0.261 e. The van der Waals surface area contributed by atoms with Gasteiger partial charge >= 0.3 is 0 Å². The molecular weight excluding hydrogens is 420 g/mol. The topological polar surface area (TPSA) is 94.2 Å². The van der Waals surface area contributed by atoms with Gasteiger partial charge < -0.3 is 19.5 Å². The Kier molecular flexibility index (Phi) is 6.94. The van der Waals surface area contributed by atoms with Crippen molar-refractivity contribution in [2.75, 3.05) is 24.2 Å². The monoisotopic (exact) mass is 448 g/mol. The van der Waals surface area contributed by atoms with E-state index in [1.807, 2.05) is 32.0 Å². The zero-order chi connectivity index (χ0) is 22.6. The number of nitrogens with one attached hydrogen (secondary N) is 1. The van der Waals surface area contributed by atoms with Crippen molar-refractivity contribution in [2.24, 2.45) is 0 Å². The van der Waals surface area contributed by atoms with Crippen LogP contribution in [0.15, 0.2) is 42.5 Å². The van der Waals surface area contributed by atoms with E-state index in [0.29, 0.717) is 22.9 Å². The van der Waals surface area contributed by atoms with Crippen LogP contribution in [0.25, 0.3) is 0 Å². The van der Waals surface area contributed by atoms with Gasteiger partial charge in [0.2, 0.25) is 10.0 Å². The van der Waals surface area contributed by atoms with E-state index in [1.165, 1.54) is 4.31 Å². The number of nitrogens with zero attached hydrogens (tertiary/aromatic N) is 1. The van der Waals surface area contributed by atoms with E-state index in [1.54, 1.807) is 31.4 Å². The minimum atomic E-state index is -3.49. The van der Waals surface area contributed by atoms with Gasteiger partial charge in [0.25, 0.3) is 5.91 Å².